The Morgan fingerprint density at radius 2 is 1.96 bits per heavy atom. The molecule has 0 saturated carbocycles. The average molecular weight is 406 g/mol. The molecule has 1 saturated heterocycles. The van der Waals surface area contributed by atoms with E-state index in [2.05, 4.69) is 0 Å². The Morgan fingerprint density at radius 1 is 1.24 bits per heavy atom. The zero-order valence-electron chi connectivity index (χ0n) is 13.3. The highest BCUT2D eigenvalue weighted by molar-refractivity contribution is 7.92. The molecule has 1 fully saturated rings. The van der Waals surface area contributed by atoms with Gasteiger partial charge in [-0.15, -0.1) is 0 Å². The summed E-state index contributed by atoms with van der Waals surface area (Å²) in [5.41, 5.74) is 0. The summed E-state index contributed by atoms with van der Waals surface area (Å²) in [5.74, 6) is 0.239. The number of ether oxygens (including phenoxy) is 1. The van der Waals surface area contributed by atoms with Crippen molar-refractivity contribution in [3.63, 3.8) is 0 Å². The van der Waals surface area contributed by atoms with E-state index in [4.69, 9.17) is 20.8 Å². The molecule has 7 nitrogen and oxygen atoms in total. The Labute approximate surface area is 151 Å². The highest BCUT2D eigenvalue weighted by Gasteiger charge is 2.44. The Morgan fingerprint density at radius 3 is 2.56 bits per heavy atom. The van der Waals surface area contributed by atoms with Crippen molar-refractivity contribution in [2.24, 2.45) is 0 Å². The van der Waals surface area contributed by atoms with E-state index in [1.807, 2.05) is 0 Å². The smallest absolute Gasteiger partial charge is 0.246 e. The lowest BCUT2D eigenvalue weighted by Crippen LogP contribution is -2.56. The Kier molecular flexibility index (Phi) is 4.84. The fourth-order valence-corrected chi connectivity index (χ4v) is 6.27. The largest absolute Gasteiger partial charge is 0.495 e. The molecule has 0 radical (unpaired) electrons. The molecule has 0 N–H and O–H groups in total. The summed E-state index contributed by atoms with van der Waals surface area (Å²) in [5, 5.41) is -0.514. The molecule has 0 amide bonds. The first kappa shape index (κ1) is 18.2. The highest BCUT2D eigenvalue weighted by Crippen LogP contribution is 2.33. The minimum atomic E-state index is -3.89. The molecule has 1 aliphatic rings. The summed E-state index contributed by atoms with van der Waals surface area (Å²) in [6.45, 7) is -0.220. The van der Waals surface area contributed by atoms with Gasteiger partial charge in [0.25, 0.3) is 0 Å². The van der Waals surface area contributed by atoms with E-state index in [-0.39, 0.29) is 34.5 Å². The number of nitrogens with zero attached hydrogens (tertiary/aromatic N) is 1. The maximum atomic E-state index is 12.7. The quantitative estimate of drug-likeness (QED) is 0.728. The van der Waals surface area contributed by atoms with Crippen LogP contribution < -0.4 is 4.74 Å². The van der Waals surface area contributed by atoms with E-state index in [1.165, 1.54) is 31.6 Å². The lowest BCUT2D eigenvalue weighted by atomic mass is 10.3. The van der Waals surface area contributed by atoms with E-state index >= 15 is 0 Å². The number of sulfonamides is 1. The van der Waals surface area contributed by atoms with E-state index in [0.717, 1.165) is 4.31 Å². The average Bonchev–Trinajstić information content (AvgIpc) is 2.97. The van der Waals surface area contributed by atoms with Crippen LogP contribution in [0, 0.1) is 0 Å². The predicted molar refractivity (Wildman–Crippen MR) is 91.9 cm³/mol. The fourth-order valence-electron chi connectivity index (χ4n) is 2.53. The van der Waals surface area contributed by atoms with Gasteiger partial charge in [0.1, 0.15) is 22.2 Å². The molecule has 25 heavy (non-hydrogen) atoms. The van der Waals surface area contributed by atoms with E-state index < -0.39 is 25.1 Å². The first-order valence-electron chi connectivity index (χ1n) is 7.31. The molecule has 1 aromatic heterocycles. The van der Waals surface area contributed by atoms with Crippen LogP contribution in [0.25, 0.3) is 0 Å². The number of halogens is 1. The molecular weight excluding hydrogens is 390 g/mol. The Bertz CT molecular complexity index is 963. The molecule has 0 unspecified atom stereocenters. The van der Waals surface area contributed by atoms with Gasteiger partial charge in [0.15, 0.2) is 9.84 Å². The molecular formula is C15H16ClNO6S2. The second kappa shape index (κ2) is 6.64. The third-order valence-electron chi connectivity index (χ3n) is 3.99. The van der Waals surface area contributed by atoms with Gasteiger partial charge in [0, 0.05) is 18.1 Å². The van der Waals surface area contributed by atoms with Crippen molar-refractivity contribution >= 4 is 31.5 Å². The van der Waals surface area contributed by atoms with Crippen molar-refractivity contribution in [3.8, 4) is 5.75 Å². The van der Waals surface area contributed by atoms with Crippen LogP contribution >= 0.6 is 11.6 Å². The topological polar surface area (TPSA) is 93.9 Å². The second-order valence-corrected chi connectivity index (χ2v) is 10.2. The molecule has 2 heterocycles. The fraction of sp³-hybridized carbons (Fsp3) is 0.333. The van der Waals surface area contributed by atoms with Crippen molar-refractivity contribution in [2.75, 3.05) is 20.2 Å². The highest BCUT2D eigenvalue weighted by atomic mass is 35.5. The maximum absolute atomic E-state index is 12.7. The van der Waals surface area contributed by atoms with Gasteiger partial charge in [-0.2, -0.15) is 4.31 Å². The number of hydrogen-bond donors (Lipinski definition) is 0. The summed E-state index contributed by atoms with van der Waals surface area (Å²) in [6, 6.07) is 7.45. The third-order valence-corrected chi connectivity index (χ3v) is 8.08. The van der Waals surface area contributed by atoms with Gasteiger partial charge < -0.3 is 9.15 Å². The zero-order valence-corrected chi connectivity index (χ0v) is 15.6. The van der Waals surface area contributed by atoms with Gasteiger partial charge in [-0.1, -0.05) is 11.6 Å². The van der Waals surface area contributed by atoms with Gasteiger partial charge >= 0.3 is 0 Å². The molecule has 0 aliphatic carbocycles. The minimum absolute atomic E-state index is 0.0793. The van der Waals surface area contributed by atoms with Gasteiger partial charge in [-0.05, 0) is 30.3 Å². The van der Waals surface area contributed by atoms with E-state index in [1.54, 1.807) is 12.1 Å². The maximum Gasteiger partial charge on any atom is 0.246 e. The van der Waals surface area contributed by atoms with Crippen molar-refractivity contribution < 1.29 is 26.0 Å². The first-order chi connectivity index (χ1) is 11.7. The Hall–Kier alpha value is -1.55. The summed E-state index contributed by atoms with van der Waals surface area (Å²) < 4.78 is 61.3. The van der Waals surface area contributed by atoms with Gasteiger partial charge in [0.05, 0.1) is 18.6 Å². The summed E-state index contributed by atoms with van der Waals surface area (Å²) in [4.78, 5) is -0.0793. The second-order valence-electron chi connectivity index (χ2n) is 5.63. The minimum Gasteiger partial charge on any atom is -0.495 e. The molecule has 10 heteroatoms. The molecule has 2 aromatic rings. The van der Waals surface area contributed by atoms with Crippen LogP contribution in [-0.4, -0.2) is 46.6 Å². The molecule has 3 rings (SSSR count). The van der Waals surface area contributed by atoms with Crippen LogP contribution in [0.3, 0.4) is 0 Å². The van der Waals surface area contributed by atoms with Crippen LogP contribution in [0.4, 0.5) is 0 Å². The number of furan rings is 1. The SMILES string of the molecule is COc1ccc(Cl)cc1S(=O)(=O)N1CC(S(=O)(=O)Cc2ccco2)C1. The number of benzene rings is 1. The number of sulfone groups is 1. The van der Waals surface area contributed by atoms with Gasteiger partial charge in [-0.3, -0.25) is 0 Å². The summed E-state index contributed by atoms with van der Waals surface area (Å²) >= 11 is 5.88. The van der Waals surface area contributed by atoms with Crippen LogP contribution in [0.15, 0.2) is 45.9 Å². The molecule has 1 aromatic carbocycles. The summed E-state index contributed by atoms with van der Waals surface area (Å²) in [7, 11) is -6.03. The van der Waals surface area contributed by atoms with Crippen molar-refractivity contribution in [3.05, 3.63) is 47.4 Å². The zero-order chi connectivity index (χ0) is 18.2. The number of methoxy groups -OCH3 is 1. The first-order valence-corrected chi connectivity index (χ1v) is 10.8. The number of hydrogen-bond acceptors (Lipinski definition) is 6. The van der Waals surface area contributed by atoms with Crippen LogP contribution in [0.5, 0.6) is 5.75 Å². The van der Waals surface area contributed by atoms with Crippen molar-refractivity contribution in [1.82, 2.24) is 4.31 Å². The van der Waals surface area contributed by atoms with Crippen molar-refractivity contribution in [2.45, 2.75) is 15.9 Å². The monoisotopic (exact) mass is 405 g/mol. The third kappa shape index (κ3) is 3.55. The van der Waals surface area contributed by atoms with Crippen LogP contribution in [-0.2, 0) is 25.6 Å². The van der Waals surface area contributed by atoms with Gasteiger partial charge in [-0.25, -0.2) is 16.8 Å². The van der Waals surface area contributed by atoms with Crippen LogP contribution in [0.1, 0.15) is 5.76 Å². The molecule has 1 aliphatic heterocycles. The predicted octanol–water partition coefficient (Wildman–Crippen LogP) is 1.93. The van der Waals surface area contributed by atoms with Crippen molar-refractivity contribution in [1.29, 1.82) is 0 Å². The standard InChI is InChI=1S/C15H16ClNO6S2/c1-22-14-5-4-11(16)7-15(14)25(20,21)17-8-13(9-17)24(18,19)10-12-3-2-6-23-12/h2-7,13H,8-10H2,1H3. The molecule has 0 atom stereocenters. The Balaban J connectivity index is 1.76. The van der Waals surface area contributed by atoms with Crippen LogP contribution in [0.2, 0.25) is 5.02 Å². The lowest BCUT2D eigenvalue weighted by Gasteiger charge is -2.37. The lowest BCUT2D eigenvalue weighted by molar-refractivity contribution is 0.307. The van der Waals surface area contributed by atoms with E-state index in [9.17, 15) is 16.8 Å². The summed E-state index contributed by atoms with van der Waals surface area (Å²) in [6.07, 6.45) is 1.40. The van der Waals surface area contributed by atoms with Gasteiger partial charge in [0.2, 0.25) is 10.0 Å². The molecule has 136 valence electrons. The number of rotatable bonds is 6. The molecule has 0 spiro atoms. The molecule has 0 bridgehead atoms. The normalized spacial score (nSPS) is 16.6. The van der Waals surface area contributed by atoms with E-state index in [0.29, 0.717) is 5.76 Å².